The summed E-state index contributed by atoms with van der Waals surface area (Å²) in [6, 6.07) is 35.0. The highest BCUT2D eigenvalue weighted by atomic mass is 16.3. The molecule has 0 spiro atoms. The van der Waals surface area contributed by atoms with Crippen molar-refractivity contribution in [2.45, 2.75) is 0 Å². The molecular weight excluding hydrogens is 585 g/mol. The van der Waals surface area contributed by atoms with Crippen molar-refractivity contribution in [1.29, 1.82) is 0 Å². The monoisotopic (exact) mass is 620 g/mol. The van der Waals surface area contributed by atoms with Crippen LogP contribution in [0.1, 0.15) is 11.0 Å². The summed E-state index contributed by atoms with van der Waals surface area (Å²) in [6.07, 6.45) is 0. The molecular formula is C46H28O2. The van der Waals surface area contributed by atoms with Crippen molar-refractivity contribution in [3.63, 3.8) is 0 Å². The van der Waals surface area contributed by atoms with Gasteiger partial charge in [-0.1, -0.05) is 151 Å². The molecule has 10 rings (SSSR count). The van der Waals surface area contributed by atoms with Gasteiger partial charge < -0.3 is 8.83 Å². The van der Waals surface area contributed by atoms with Gasteiger partial charge >= 0.3 is 0 Å². The molecule has 0 N–H and O–H groups in total. The van der Waals surface area contributed by atoms with Gasteiger partial charge in [-0.15, -0.1) is 0 Å². The Balaban J connectivity index is 1.43. The molecule has 48 heavy (non-hydrogen) atoms. The maximum atomic E-state index is 9.40. The van der Waals surface area contributed by atoms with Crippen molar-refractivity contribution in [3.8, 4) is 44.7 Å². The molecule has 0 aliphatic rings. The summed E-state index contributed by atoms with van der Waals surface area (Å²) in [4.78, 5) is 0. The molecule has 2 aromatic heterocycles. The Bertz CT molecular complexity index is 3180. The van der Waals surface area contributed by atoms with Crippen LogP contribution in [-0.4, -0.2) is 0 Å². The Kier molecular flexibility index (Phi) is 4.41. The zero-order chi connectivity index (χ0) is 38.6. The smallest absolute Gasteiger partial charge is 0.147 e. The van der Waals surface area contributed by atoms with Gasteiger partial charge in [-0.25, -0.2) is 0 Å². The van der Waals surface area contributed by atoms with Crippen molar-refractivity contribution in [3.05, 3.63) is 170 Å². The number of hydrogen-bond donors (Lipinski definition) is 0. The molecule has 0 radical (unpaired) electrons. The zero-order valence-electron chi connectivity index (χ0n) is 33.4. The first-order chi connectivity index (χ1) is 27.2. The quantitative estimate of drug-likeness (QED) is 0.183. The van der Waals surface area contributed by atoms with Crippen LogP contribution in [-0.2, 0) is 0 Å². The van der Waals surface area contributed by atoms with Crippen molar-refractivity contribution in [1.82, 2.24) is 0 Å². The second kappa shape index (κ2) is 10.6. The molecule has 0 amide bonds. The van der Waals surface area contributed by atoms with Gasteiger partial charge in [0.25, 0.3) is 0 Å². The Morgan fingerprint density at radius 1 is 0.375 bits per heavy atom. The number of hydrogen-bond acceptors (Lipinski definition) is 2. The van der Waals surface area contributed by atoms with Gasteiger partial charge in [0.1, 0.15) is 22.5 Å². The highest BCUT2D eigenvalue weighted by molar-refractivity contribution is 6.28. The van der Waals surface area contributed by atoms with Gasteiger partial charge in [-0.05, 0) is 67.6 Å². The van der Waals surface area contributed by atoms with Crippen LogP contribution in [0.25, 0.3) is 99.2 Å². The lowest BCUT2D eigenvalue weighted by molar-refractivity contribution is 0.631. The number of fused-ring (bicyclic) bond motifs is 7. The third-order valence-corrected chi connectivity index (χ3v) is 9.12. The summed E-state index contributed by atoms with van der Waals surface area (Å²) in [5, 5.41) is 2.71. The van der Waals surface area contributed by atoms with Crippen molar-refractivity contribution in [2.75, 3.05) is 0 Å². The SMILES string of the molecule is [2H]c1c([2H])c([2H])c2c(-c3cccc4oc5c(ccc6oc(-c7ccccc7)c(-c7ccccc7)c65)c34)c3c([2H])c([2H])c([2H])c([2H])c3c(-c3ccccc3)c2c1[2H]. The number of furan rings is 2. The molecule has 224 valence electrons. The minimum atomic E-state index is -0.451. The van der Waals surface area contributed by atoms with Gasteiger partial charge in [0, 0.05) is 21.9 Å². The zero-order valence-corrected chi connectivity index (χ0v) is 25.4. The van der Waals surface area contributed by atoms with Crippen LogP contribution in [0.4, 0.5) is 0 Å². The van der Waals surface area contributed by atoms with Crippen LogP contribution >= 0.6 is 0 Å². The van der Waals surface area contributed by atoms with Crippen LogP contribution in [0, 0.1) is 0 Å². The predicted octanol–water partition coefficient (Wildman–Crippen LogP) is 13.3. The normalized spacial score (nSPS) is 14.1. The minimum Gasteiger partial charge on any atom is -0.455 e. The minimum absolute atomic E-state index is 0.148. The van der Waals surface area contributed by atoms with Gasteiger partial charge in [0.15, 0.2) is 0 Å². The summed E-state index contributed by atoms with van der Waals surface area (Å²) >= 11 is 0. The summed E-state index contributed by atoms with van der Waals surface area (Å²) in [6.45, 7) is 0. The van der Waals surface area contributed by atoms with Gasteiger partial charge in [-0.2, -0.15) is 0 Å². The molecule has 0 saturated heterocycles. The van der Waals surface area contributed by atoms with E-state index >= 15 is 0 Å². The van der Waals surface area contributed by atoms with E-state index < -0.39 is 24.2 Å². The Morgan fingerprint density at radius 3 is 1.50 bits per heavy atom. The van der Waals surface area contributed by atoms with Crippen LogP contribution in [0.3, 0.4) is 0 Å². The van der Waals surface area contributed by atoms with E-state index in [0.29, 0.717) is 50.0 Å². The van der Waals surface area contributed by atoms with Crippen LogP contribution in [0.5, 0.6) is 0 Å². The van der Waals surface area contributed by atoms with E-state index in [9.17, 15) is 5.48 Å². The standard InChI is InChI=1S/C46H28O2/c1-4-15-29(16-5-1)40-32-21-10-12-23-34(32)42(35-24-13-11-22-33(35)40)36-25-14-26-38-43(36)37-27-28-39-44(46(37)48-38)41(30-17-6-2-7-18-30)45(47-39)31-19-8-3-9-20-31/h1-28H/i10D,11D,12D,13D,21D,22D,23D,24D. The maximum Gasteiger partial charge on any atom is 0.147 e. The topological polar surface area (TPSA) is 26.3 Å². The molecule has 8 aromatic carbocycles. The molecule has 0 unspecified atom stereocenters. The van der Waals surface area contributed by atoms with Crippen LogP contribution in [0.2, 0.25) is 0 Å². The largest absolute Gasteiger partial charge is 0.455 e. The molecule has 0 saturated carbocycles. The maximum absolute atomic E-state index is 9.40. The third kappa shape index (κ3) is 3.93. The summed E-state index contributed by atoms with van der Waals surface area (Å²) in [5.41, 5.74) is 5.96. The summed E-state index contributed by atoms with van der Waals surface area (Å²) < 4.78 is 86.0. The van der Waals surface area contributed by atoms with Crippen LogP contribution in [0.15, 0.2) is 179 Å². The van der Waals surface area contributed by atoms with E-state index in [1.54, 1.807) is 30.3 Å². The molecule has 0 aliphatic carbocycles. The highest BCUT2D eigenvalue weighted by Crippen LogP contribution is 2.50. The van der Waals surface area contributed by atoms with Crippen molar-refractivity contribution in [2.24, 2.45) is 0 Å². The van der Waals surface area contributed by atoms with E-state index in [0.717, 1.165) is 22.1 Å². The summed E-state index contributed by atoms with van der Waals surface area (Å²) in [5.74, 6) is 0.681. The van der Waals surface area contributed by atoms with Gasteiger partial charge in [0.2, 0.25) is 0 Å². The molecule has 0 atom stereocenters. The number of benzene rings is 8. The molecule has 2 heterocycles. The fourth-order valence-corrected chi connectivity index (χ4v) is 7.14. The fourth-order valence-electron chi connectivity index (χ4n) is 7.14. The Morgan fingerprint density at radius 2 is 0.896 bits per heavy atom. The molecule has 2 nitrogen and oxygen atoms in total. The second-order valence-electron chi connectivity index (χ2n) is 11.8. The predicted molar refractivity (Wildman–Crippen MR) is 200 cm³/mol. The Labute approximate surface area is 288 Å². The average Bonchev–Trinajstić information content (AvgIpc) is 3.82. The average molecular weight is 621 g/mol. The first kappa shape index (κ1) is 20.0. The number of rotatable bonds is 4. The van der Waals surface area contributed by atoms with Crippen LogP contribution < -0.4 is 0 Å². The van der Waals surface area contributed by atoms with E-state index in [1.807, 2.05) is 91.0 Å². The molecule has 0 fully saturated rings. The van der Waals surface area contributed by atoms with Gasteiger partial charge in [-0.3, -0.25) is 0 Å². The fraction of sp³-hybridized carbons (Fsp3) is 0. The Hall–Kier alpha value is -6.38. The third-order valence-electron chi connectivity index (χ3n) is 9.12. The summed E-state index contributed by atoms with van der Waals surface area (Å²) in [7, 11) is 0. The highest BCUT2D eigenvalue weighted by Gasteiger charge is 2.25. The van der Waals surface area contributed by atoms with E-state index in [4.69, 9.17) is 14.3 Å². The van der Waals surface area contributed by atoms with Crippen molar-refractivity contribution < 1.29 is 19.8 Å². The first-order valence-electron chi connectivity index (χ1n) is 19.7. The lowest BCUT2D eigenvalue weighted by Gasteiger charge is -2.18. The van der Waals surface area contributed by atoms with E-state index in [2.05, 4.69) is 0 Å². The van der Waals surface area contributed by atoms with Crippen molar-refractivity contribution >= 4 is 54.5 Å². The van der Waals surface area contributed by atoms with E-state index in [1.165, 1.54) is 0 Å². The lowest BCUT2D eigenvalue weighted by Crippen LogP contribution is -1.91. The lowest BCUT2D eigenvalue weighted by atomic mass is 9.85. The second-order valence-corrected chi connectivity index (χ2v) is 11.8. The molecule has 0 bridgehead atoms. The van der Waals surface area contributed by atoms with E-state index in [-0.39, 0.29) is 51.3 Å². The molecule has 10 aromatic rings. The molecule has 2 heteroatoms. The first-order valence-corrected chi connectivity index (χ1v) is 15.7. The van der Waals surface area contributed by atoms with Gasteiger partial charge in [0.05, 0.1) is 16.4 Å². The molecule has 0 aliphatic heterocycles.